The van der Waals surface area contributed by atoms with Crippen LogP contribution in [0.25, 0.3) is 0 Å². The molecule has 0 aromatic heterocycles. The number of hydrogen-bond donors (Lipinski definition) is 3. The SMILES string of the molecule is CCNC(C)CC(=O)Nc1cccc(NC(=O)C2CC2)c1. The van der Waals surface area contributed by atoms with E-state index in [2.05, 4.69) is 16.0 Å². The fourth-order valence-corrected chi connectivity index (χ4v) is 2.18. The van der Waals surface area contributed by atoms with Gasteiger partial charge in [0.1, 0.15) is 0 Å². The first-order valence-electron chi connectivity index (χ1n) is 7.52. The van der Waals surface area contributed by atoms with Gasteiger partial charge in [0.05, 0.1) is 0 Å². The van der Waals surface area contributed by atoms with Gasteiger partial charge in [0.25, 0.3) is 0 Å². The molecular formula is C16H23N3O2. The van der Waals surface area contributed by atoms with Crippen molar-refractivity contribution in [1.29, 1.82) is 0 Å². The third kappa shape index (κ3) is 5.19. The molecule has 0 bridgehead atoms. The van der Waals surface area contributed by atoms with Crippen molar-refractivity contribution in [3.8, 4) is 0 Å². The lowest BCUT2D eigenvalue weighted by molar-refractivity contribution is -0.117. The molecule has 1 aromatic carbocycles. The molecule has 0 heterocycles. The largest absolute Gasteiger partial charge is 0.326 e. The van der Waals surface area contributed by atoms with Gasteiger partial charge in [-0.15, -0.1) is 0 Å². The van der Waals surface area contributed by atoms with Crippen molar-refractivity contribution in [2.75, 3.05) is 17.2 Å². The Balaban J connectivity index is 1.87. The lowest BCUT2D eigenvalue weighted by atomic mass is 10.2. The van der Waals surface area contributed by atoms with Crippen LogP contribution in [0.15, 0.2) is 24.3 Å². The quantitative estimate of drug-likeness (QED) is 0.721. The van der Waals surface area contributed by atoms with Crippen LogP contribution < -0.4 is 16.0 Å². The summed E-state index contributed by atoms with van der Waals surface area (Å²) in [5.41, 5.74) is 1.43. The minimum atomic E-state index is -0.0332. The van der Waals surface area contributed by atoms with Crippen LogP contribution >= 0.6 is 0 Å². The van der Waals surface area contributed by atoms with Gasteiger partial charge in [0.15, 0.2) is 0 Å². The van der Waals surface area contributed by atoms with E-state index in [4.69, 9.17) is 0 Å². The van der Waals surface area contributed by atoms with Gasteiger partial charge in [-0.1, -0.05) is 13.0 Å². The molecule has 0 spiro atoms. The van der Waals surface area contributed by atoms with E-state index in [9.17, 15) is 9.59 Å². The maximum atomic E-state index is 11.9. The summed E-state index contributed by atoms with van der Waals surface area (Å²) in [6.45, 7) is 4.84. The Bertz CT molecular complexity index is 512. The van der Waals surface area contributed by atoms with Crippen LogP contribution in [0.2, 0.25) is 0 Å². The van der Waals surface area contributed by atoms with E-state index in [-0.39, 0.29) is 23.8 Å². The average molecular weight is 289 g/mol. The van der Waals surface area contributed by atoms with Crippen LogP contribution in [0.4, 0.5) is 11.4 Å². The third-order valence-electron chi connectivity index (χ3n) is 3.41. The molecule has 1 saturated carbocycles. The minimum Gasteiger partial charge on any atom is -0.326 e. The molecule has 0 aliphatic heterocycles. The molecule has 114 valence electrons. The Morgan fingerprint density at radius 3 is 2.52 bits per heavy atom. The first-order valence-corrected chi connectivity index (χ1v) is 7.52. The summed E-state index contributed by atoms with van der Waals surface area (Å²) >= 11 is 0. The summed E-state index contributed by atoms with van der Waals surface area (Å²) in [5.74, 6) is 0.206. The summed E-state index contributed by atoms with van der Waals surface area (Å²) in [5, 5.41) is 8.94. The molecule has 21 heavy (non-hydrogen) atoms. The molecule has 0 radical (unpaired) electrons. The normalized spacial score (nSPS) is 15.3. The molecule has 1 aliphatic rings. The molecule has 1 aliphatic carbocycles. The maximum Gasteiger partial charge on any atom is 0.227 e. The predicted molar refractivity (Wildman–Crippen MR) is 84.2 cm³/mol. The highest BCUT2D eigenvalue weighted by molar-refractivity contribution is 5.96. The van der Waals surface area contributed by atoms with Crippen molar-refractivity contribution in [2.45, 2.75) is 39.2 Å². The van der Waals surface area contributed by atoms with E-state index in [0.717, 1.165) is 25.1 Å². The Morgan fingerprint density at radius 1 is 1.24 bits per heavy atom. The molecule has 5 heteroatoms. The van der Waals surface area contributed by atoms with Crippen LogP contribution in [0, 0.1) is 5.92 Å². The van der Waals surface area contributed by atoms with Crippen molar-refractivity contribution in [1.82, 2.24) is 5.32 Å². The first-order chi connectivity index (χ1) is 10.1. The highest BCUT2D eigenvalue weighted by atomic mass is 16.2. The van der Waals surface area contributed by atoms with Gasteiger partial charge in [0, 0.05) is 29.8 Å². The summed E-state index contributed by atoms with van der Waals surface area (Å²) < 4.78 is 0. The number of carbonyl (C=O) groups excluding carboxylic acids is 2. The number of anilines is 2. The number of carbonyl (C=O) groups is 2. The third-order valence-corrected chi connectivity index (χ3v) is 3.41. The number of nitrogens with one attached hydrogen (secondary N) is 3. The van der Waals surface area contributed by atoms with Gasteiger partial charge < -0.3 is 16.0 Å². The lowest BCUT2D eigenvalue weighted by Gasteiger charge is -2.13. The fourth-order valence-electron chi connectivity index (χ4n) is 2.18. The first kappa shape index (κ1) is 15.5. The Hall–Kier alpha value is -1.88. The molecule has 2 amide bonds. The van der Waals surface area contributed by atoms with Crippen LogP contribution in [-0.2, 0) is 9.59 Å². The number of hydrogen-bond acceptors (Lipinski definition) is 3. The molecule has 1 aromatic rings. The maximum absolute atomic E-state index is 11.9. The van der Waals surface area contributed by atoms with Crippen LogP contribution in [0.3, 0.4) is 0 Å². The minimum absolute atomic E-state index is 0.0332. The number of amides is 2. The highest BCUT2D eigenvalue weighted by Crippen LogP contribution is 2.30. The lowest BCUT2D eigenvalue weighted by Crippen LogP contribution is -2.30. The van der Waals surface area contributed by atoms with Crippen molar-refractivity contribution in [3.63, 3.8) is 0 Å². The van der Waals surface area contributed by atoms with E-state index < -0.39 is 0 Å². The molecule has 1 unspecified atom stereocenters. The van der Waals surface area contributed by atoms with Crippen LogP contribution in [-0.4, -0.2) is 24.4 Å². The van der Waals surface area contributed by atoms with Crippen LogP contribution in [0.5, 0.6) is 0 Å². The number of rotatable bonds is 7. The topological polar surface area (TPSA) is 70.2 Å². The fraction of sp³-hybridized carbons (Fsp3) is 0.500. The van der Waals surface area contributed by atoms with Crippen molar-refractivity contribution < 1.29 is 9.59 Å². The summed E-state index contributed by atoms with van der Waals surface area (Å²) in [7, 11) is 0. The zero-order valence-corrected chi connectivity index (χ0v) is 12.6. The van der Waals surface area contributed by atoms with Gasteiger partial charge in [-0.25, -0.2) is 0 Å². The average Bonchev–Trinajstić information content (AvgIpc) is 3.23. The van der Waals surface area contributed by atoms with Gasteiger partial charge in [-0.2, -0.15) is 0 Å². The molecule has 2 rings (SSSR count). The van der Waals surface area contributed by atoms with E-state index >= 15 is 0 Å². The van der Waals surface area contributed by atoms with E-state index in [0.29, 0.717) is 12.1 Å². The molecule has 3 N–H and O–H groups in total. The van der Waals surface area contributed by atoms with E-state index in [1.54, 1.807) is 6.07 Å². The number of benzene rings is 1. The van der Waals surface area contributed by atoms with Gasteiger partial charge in [-0.3, -0.25) is 9.59 Å². The molecule has 5 nitrogen and oxygen atoms in total. The Kier molecular flexibility index (Phi) is 5.33. The van der Waals surface area contributed by atoms with E-state index in [1.165, 1.54) is 0 Å². The monoisotopic (exact) mass is 289 g/mol. The van der Waals surface area contributed by atoms with Crippen molar-refractivity contribution in [2.24, 2.45) is 5.92 Å². The van der Waals surface area contributed by atoms with Crippen molar-refractivity contribution >= 4 is 23.2 Å². The van der Waals surface area contributed by atoms with E-state index in [1.807, 2.05) is 32.0 Å². The molecule has 0 saturated heterocycles. The van der Waals surface area contributed by atoms with Gasteiger partial charge in [0.2, 0.25) is 11.8 Å². The molecule has 1 fully saturated rings. The second kappa shape index (κ2) is 7.22. The Morgan fingerprint density at radius 2 is 1.90 bits per heavy atom. The molecule has 1 atom stereocenters. The smallest absolute Gasteiger partial charge is 0.227 e. The second-order valence-corrected chi connectivity index (χ2v) is 5.56. The predicted octanol–water partition coefficient (Wildman–Crippen LogP) is 2.36. The zero-order valence-electron chi connectivity index (χ0n) is 12.6. The highest BCUT2D eigenvalue weighted by Gasteiger charge is 2.29. The summed E-state index contributed by atoms with van der Waals surface area (Å²) in [6, 6.07) is 7.41. The van der Waals surface area contributed by atoms with Gasteiger partial charge >= 0.3 is 0 Å². The standard InChI is InChI=1S/C16H23N3O2/c1-3-17-11(2)9-15(20)18-13-5-4-6-14(10-13)19-16(21)12-7-8-12/h4-6,10-12,17H,3,7-9H2,1-2H3,(H,18,20)(H,19,21). The summed E-state index contributed by atoms with van der Waals surface area (Å²) in [4.78, 5) is 23.6. The van der Waals surface area contributed by atoms with Crippen molar-refractivity contribution in [3.05, 3.63) is 24.3 Å². The molecular weight excluding hydrogens is 266 g/mol. The van der Waals surface area contributed by atoms with Crippen LogP contribution in [0.1, 0.15) is 33.1 Å². The second-order valence-electron chi connectivity index (χ2n) is 5.56. The van der Waals surface area contributed by atoms with Gasteiger partial charge in [-0.05, 0) is 44.5 Å². The summed E-state index contributed by atoms with van der Waals surface area (Å²) in [6.07, 6.45) is 2.38. The zero-order chi connectivity index (χ0) is 15.2. The Labute approximate surface area is 125 Å².